The molecule has 1 heterocycles. The fourth-order valence-electron chi connectivity index (χ4n) is 2.80. The normalized spacial score (nSPS) is 19.3. The standard InChI is InChI=1S/C17H23F2N3O2/c1-2-14(12-7-6-11(18)9-13(12)19)21-10-16(23)22-15-5-3-4-8-20-17(15)24/h6-7,9,14-15,21H,2-5,8,10H2,1H3,(H,20,24)(H,22,23)/t14-,15+/m1/s1. The number of nitrogens with one attached hydrogen (secondary N) is 3. The molecule has 0 unspecified atom stereocenters. The Hall–Kier alpha value is -2.02. The minimum atomic E-state index is -0.641. The smallest absolute Gasteiger partial charge is 0.242 e. The van der Waals surface area contributed by atoms with Crippen LogP contribution >= 0.6 is 0 Å². The van der Waals surface area contributed by atoms with Crippen LogP contribution in [0.15, 0.2) is 18.2 Å². The minimum Gasteiger partial charge on any atom is -0.354 e. The van der Waals surface area contributed by atoms with E-state index < -0.39 is 23.7 Å². The summed E-state index contributed by atoms with van der Waals surface area (Å²) in [5, 5.41) is 8.41. The second-order valence-corrected chi connectivity index (χ2v) is 5.91. The van der Waals surface area contributed by atoms with Crippen LogP contribution in [0.2, 0.25) is 0 Å². The highest BCUT2D eigenvalue weighted by molar-refractivity contribution is 5.88. The van der Waals surface area contributed by atoms with Crippen molar-refractivity contribution in [1.82, 2.24) is 16.0 Å². The van der Waals surface area contributed by atoms with Crippen LogP contribution in [0.25, 0.3) is 0 Å². The van der Waals surface area contributed by atoms with Gasteiger partial charge in [0.05, 0.1) is 6.54 Å². The molecule has 0 aliphatic carbocycles. The van der Waals surface area contributed by atoms with Crippen molar-refractivity contribution in [3.05, 3.63) is 35.4 Å². The second-order valence-electron chi connectivity index (χ2n) is 5.91. The third-order valence-electron chi connectivity index (χ3n) is 4.13. The van der Waals surface area contributed by atoms with Gasteiger partial charge in [-0.1, -0.05) is 13.0 Å². The minimum absolute atomic E-state index is 0.0426. The van der Waals surface area contributed by atoms with E-state index in [9.17, 15) is 18.4 Å². The number of hydrogen-bond acceptors (Lipinski definition) is 3. The quantitative estimate of drug-likeness (QED) is 0.740. The number of carbonyl (C=O) groups is 2. The lowest BCUT2D eigenvalue weighted by atomic mass is 10.0. The number of amides is 2. The molecule has 1 fully saturated rings. The van der Waals surface area contributed by atoms with E-state index in [1.165, 1.54) is 12.1 Å². The van der Waals surface area contributed by atoms with Gasteiger partial charge in [-0.25, -0.2) is 8.78 Å². The molecule has 1 aromatic rings. The molecule has 3 N–H and O–H groups in total. The molecular formula is C17H23F2N3O2. The summed E-state index contributed by atoms with van der Waals surface area (Å²) in [7, 11) is 0. The van der Waals surface area contributed by atoms with Crippen molar-refractivity contribution in [1.29, 1.82) is 0 Å². The Balaban J connectivity index is 1.90. The van der Waals surface area contributed by atoms with E-state index in [1.54, 1.807) is 0 Å². The Morgan fingerprint density at radius 3 is 2.88 bits per heavy atom. The monoisotopic (exact) mass is 339 g/mol. The lowest BCUT2D eigenvalue weighted by molar-refractivity contribution is -0.128. The zero-order chi connectivity index (χ0) is 17.5. The summed E-state index contributed by atoms with van der Waals surface area (Å²) in [4.78, 5) is 23.9. The zero-order valence-electron chi connectivity index (χ0n) is 13.7. The van der Waals surface area contributed by atoms with Crippen LogP contribution in [0.5, 0.6) is 0 Å². The van der Waals surface area contributed by atoms with Gasteiger partial charge in [-0.3, -0.25) is 9.59 Å². The van der Waals surface area contributed by atoms with Crippen LogP contribution in [0, 0.1) is 11.6 Å². The first kappa shape index (κ1) is 18.3. The lowest BCUT2D eigenvalue weighted by Gasteiger charge is -2.20. The fraction of sp³-hybridized carbons (Fsp3) is 0.529. The first-order chi connectivity index (χ1) is 11.5. The molecule has 2 amide bonds. The molecule has 0 radical (unpaired) electrons. The summed E-state index contributed by atoms with van der Waals surface area (Å²) in [6.07, 6.45) is 2.93. The van der Waals surface area contributed by atoms with Crippen molar-refractivity contribution in [2.45, 2.75) is 44.7 Å². The van der Waals surface area contributed by atoms with Gasteiger partial charge in [-0.15, -0.1) is 0 Å². The van der Waals surface area contributed by atoms with Crippen LogP contribution in [0.4, 0.5) is 8.78 Å². The first-order valence-electron chi connectivity index (χ1n) is 8.26. The van der Waals surface area contributed by atoms with Crippen LogP contribution in [-0.2, 0) is 9.59 Å². The van der Waals surface area contributed by atoms with Gasteiger partial charge in [0.15, 0.2) is 0 Å². The number of rotatable bonds is 6. The molecule has 0 bridgehead atoms. The van der Waals surface area contributed by atoms with Crippen molar-refractivity contribution in [3.8, 4) is 0 Å². The van der Waals surface area contributed by atoms with Crippen LogP contribution in [0.3, 0.4) is 0 Å². The SMILES string of the molecule is CC[C@@H](NCC(=O)N[C@H]1CCCCNC1=O)c1ccc(F)cc1F. The van der Waals surface area contributed by atoms with E-state index in [0.29, 0.717) is 24.9 Å². The molecule has 5 nitrogen and oxygen atoms in total. The topological polar surface area (TPSA) is 70.2 Å². The molecule has 132 valence electrons. The van der Waals surface area contributed by atoms with Crippen molar-refractivity contribution < 1.29 is 18.4 Å². The molecule has 0 saturated carbocycles. The average molecular weight is 339 g/mol. The van der Waals surface area contributed by atoms with Gasteiger partial charge in [0.25, 0.3) is 0 Å². The molecule has 1 aliphatic rings. The van der Waals surface area contributed by atoms with Crippen molar-refractivity contribution in [3.63, 3.8) is 0 Å². The Kier molecular flexibility index (Phi) is 6.66. The summed E-state index contributed by atoms with van der Waals surface area (Å²) in [5.74, 6) is -1.77. The summed E-state index contributed by atoms with van der Waals surface area (Å²) in [6.45, 7) is 2.43. The molecule has 2 atom stereocenters. The molecule has 0 spiro atoms. The van der Waals surface area contributed by atoms with E-state index >= 15 is 0 Å². The second kappa shape index (κ2) is 8.73. The molecule has 1 saturated heterocycles. The molecule has 7 heteroatoms. The van der Waals surface area contributed by atoms with Crippen LogP contribution in [0.1, 0.15) is 44.2 Å². The predicted octanol–water partition coefficient (Wildman–Crippen LogP) is 1.79. The summed E-state index contributed by atoms with van der Waals surface area (Å²) in [6, 6.07) is 2.47. The van der Waals surface area contributed by atoms with Gasteiger partial charge >= 0.3 is 0 Å². The van der Waals surface area contributed by atoms with Crippen molar-refractivity contribution >= 4 is 11.8 Å². The summed E-state index contributed by atoms with van der Waals surface area (Å²) >= 11 is 0. The maximum atomic E-state index is 13.8. The summed E-state index contributed by atoms with van der Waals surface area (Å²) < 4.78 is 26.8. The Labute approximate surface area is 140 Å². The van der Waals surface area contributed by atoms with Gasteiger partial charge in [0.2, 0.25) is 11.8 Å². The molecule has 1 aliphatic heterocycles. The maximum Gasteiger partial charge on any atom is 0.242 e. The average Bonchev–Trinajstić information content (AvgIpc) is 2.74. The maximum absolute atomic E-state index is 13.8. The zero-order valence-corrected chi connectivity index (χ0v) is 13.7. The number of benzene rings is 1. The fourth-order valence-corrected chi connectivity index (χ4v) is 2.80. The third kappa shape index (κ3) is 4.99. The highest BCUT2D eigenvalue weighted by Crippen LogP contribution is 2.20. The molecular weight excluding hydrogens is 316 g/mol. The molecule has 0 aromatic heterocycles. The van der Waals surface area contributed by atoms with Gasteiger partial charge < -0.3 is 16.0 Å². The van der Waals surface area contributed by atoms with Gasteiger partial charge in [-0.05, 0) is 31.7 Å². The lowest BCUT2D eigenvalue weighted by Crippen LogP contribution is -2.48. The van der Waals surface area contributed by atoms with Gasteiger partial charge in [0.1, 0.15) is 17.7 Å². The van der Waals surface area contributed by atoms with E-state index in [4.69, 9.17) is 0 Å². The van der Waals surface area contributed by atoms with Gasteiger partial charge in [-0.2, -0.15) is 0 Å². The number of carbonyl (C=O) groups excluding carboxylic acids is 2. The Morgan fingerprint density at radius 2 is 2.17 bits per heavy atom. The van der Waals surface area contributed by atoms with Crippen molar-refractivity contribution in [2.75, 3.05) is 13.1 Å². The van der Waals surface area contributed by atoms with Crippen molar-refractivity contribution in [2.24, 2.45) is 0 Å². The first-order valence-corrected chi connectivity index (χ1v) is 8.26. The predicted molar refractivity (Wildman–Crippen MR) is 86.2 cm³/mol. The Morgan fingerprint density at radius 1 is 1.38 bits per heavy atom. The van der Waals surface area contributed by atoms with Crippen LogP contribution < -0.4 is 16.0 Å². The third-order valence-corrected chi connectivity index (χ3v) is 4.13. The number of halogens is 2. The number of hydrogen-bond donors (Lipinski definition) is 3. The van der Waals surface area contributed by atoms with E-state index in [2.05, 4.69) is 16.0 Å². The Bertz CT molecular complexity index is 595. The molecule has 1 aromatic carbocycles. The highest BCUT2D eigenvalue weighted by Gasteiger charge is 2.23. The molecule has 24 heavy (non-hydrogen) atoms. The largest absolute Gasteiger partial charge is 0.354 e. The van der Waals surface area contributed by atoms with E-state index in [0.717, 1.165) is 18.9 Å². The van der Waals surface area contributed by atoms with E-state index in [-0.39, 0.29) is 18.4 Å². The summed E-state index contributed by atoms with van der Waals surface area (Å²) in [5.41, 5.74) is 0.318. The van der Waals surface area contributed by atoms with E-state index in [1.807, 2.05) is 6.92 Å². The van der Waals surface area contributed by atoms with Crippen LogP contribution in [-0.4, -0.2) is 30.9 Å². The van der Waals surface area contributed by atoms with Gasteiger partial charge in [0, 0.05) is 24.2 Å². The molecule has 2 rings (SSSR count). The highest BCUT2D eigenvalue weighted by atomic mass is 19.1.